The van der Waals surface area contributed by atoms with Crippen LogP contribution in [-0.2, 0) is 15.8 Å². The van der Waals surface area contributed by atoms with Crippen LogP contribution >= 0.6 is 11.6 Å². The number of hydrogen-bond acceptors (Lipinski definition) is 5. The lowest BCUT2D eigenvalue weighted by Gasteiger charge is -2.11. The van der Waals surface area contributed by atoms with Crippen LogP contribution in [0.15, 0.2) is 71.8 Å². The highest BCUT2D eigenvalue weighted by Gasteiger charge is 2.31. The van der Waals surface area contributed by atoms with Gasteiger partial charge in [-0.05, 0) is 66.6 Å². The molecule has 0 aromatic heterocycles. The lowest BCUT2D eigenvalue weighted by molar-refractivity contribution is -0.137. The van der Waals surface area contributed by atoms with Crippen molar-refractivity contribution in [2.45, 2.75) is 13.1 Å². The van der Waals surface area contributed by atoms with Crippen LogP contribution in [0.3, 0.4) is 0 Å². The molecular formula is C24H17ClF3N3O4. The van der Waals surface area contributed by atoms with Gasteiger partial charge in [-0.25, -0.2) is 10.2 Å². The Kier molecular flexibility index (Phi) is 7.87. The Morgan fingerprint density at radius 3 is 2.31 bits per heavy atom. The van der Waals surface area contributed by atoms with Crippen LogP contribution in [0, 0.1) is 6.92 Å². The van der Waals surface area contributed by atoms with E-state index in [9.17, 15) is 27.6 Å². The summed E-state index contributed by atoms with van der Waals surface area (Å²) in [5, 5.41) is 5.46. The van der Waals surface area contributed by atoms with E-state index in [1.165, 1.54) is 18.3 Å². The first-order chi connectivity index (χ1) is 16.5. The topological polar surface area (TPSA) is 96.9 Å². The van der Waals surface area contributed by atoms with Crippen LogP contribution in [0.5, 0.6) is 5.75 Å². The summed E-state index contributed by atoms with van der Waals surface area (Å²) in [6.07, 6.45) is -3.43. The number of hydrazone groups is 1. The number of alkyl halides is 3. The Balaban J connectivity index is 1.55. The molecule has 7 nitrogen and oxygen atoms in total. The van der Waals surface area contributed by atoms with Gasteiger partial charge in [-0.2, -0.15) is 18.3 Å². The van der Waals surface area contributed by atoms with Crippen LogP contribution in [0.1, 0.15) is 27.0 Å². The maximum Gasteiger partial charge on any atom is 0.416 e. The molecule has 35 heavy (non-hydrogen) atoms. The van der Waals surface area contributed by atoms with E-state index in [1.807, 2.05) is 16.8 Å². The average Bonchev–Trinajstić information content (AvgIpc) is 2.81. The number of aryl methyl sites for hydroxylation is 1. The molecule has 0 saturated carbocycles. The summed E-state index contributed by atoms with van der Waals surface area (Å²) < 4.78 is 43.8. The zero-order valence-corrected chi connectivity index (χ0v) is 18.8. The van der Waals surface area contributed by atoms with E-state index < -0.39 is 29.5 Å². The largest absolute Gasteiger partial charge is 0.423 e. The first-order valence-electron chi connectivity index (χ1n) is 9.93. The second kappa shape index (κ2) is 10.8. The summed E-state index contributed by atoms with van der Waals surface area (Å²) in [5.41, 5.74) is 2.26. The molecule has 0 aliphatic heterocycles. The summed E-state index contributed by atoms with van der Waals surface area (Å²) in [7, 11) is 0. The maximum atomic E-state index is 12.8. The first kappa shape index (κ1) is 25.4. The third-order valence-corrected chi connectivity index (χ3v) is 4.91. The minimum atomic E-state index is -4.65. The minimum absolute atomic E-state index is 0.175. The summed E-state index contributed by atoms with van der Waals surface area (Å²) in [4.78, 5) is 36.1. The molecular weight excluding hydrogens is 487 g/mol. The van der Waals surface area contributed by atoms with Gasteiger partial charge in [0.1, 0.15) is 5.75 Å². The second-order valence-corrected chi connectivity index (χ2v) is 7.53. The smallest absolute Gasteiger partial charge is 0.416 e. The Hall–Kier alpha value is -4.18. The molecule has 3 aromatic rings. The first-order valence-corrected chi connectivity index (χ1v) is 10.3. The van der Waals surface area contributed by atoms with E-state index in [0.29, 0.717) is 17.2 Å². The highest BCUT2D eigenvalue weighted by Crippen LogP contribution is 2.33. The summed E-state index contributed by atoms with van der Waals surface area (Å²) in [5.74, 6) is -2.71. The molecule has 0 atom stereocenters. The molecule has 0 saturated heterocycles. The van der Waals surface area contributed by atoms with Crippen LogP contribution in [0.25, 0.3) is 0 Å². The van der Waals surface area contributed by atoms with Gasteiger partial charge in [0, 0.05) is 0 Å². The highest BCUT2D eigenvalue weighted by atomic mass is 35.5. The highest BCUT2D eigenvalue weighted by molar-refractivity contribution is 6.41. The van der Waals surface area contributed by atoms with Gasteiger partial charge in [-0.3, -0.25) is 9.59 Å². The zero-order valence-electron chi connectivity index (χ0n) is 18.0. The van der Waals surface area contributed by atoms with Crippen molar-refractivity contribution in [2.75, 3.05) is 5.32 Å². The van der Waals surface area contributed by atoms with Crippen LogP contribution < -0.4 is 15.5 Å². The van der Waals surface area contributed by atoms with Gasteiger partial charge < -0.3 is 10.1 Å². The minimum Gasteiger partial charge on any atom is -0.423 e. The SMILES string of the molecule is Cc1ccccc1C(=O)Oc1ccc(C=NNC(=O)C(=O)Nc2cc(C(F)(F)F)ccc2Cl)cc1. The number of rotatable bonds is 5. The number of ether oxygens (including phenoxy) is 1. The Bertz CT molecular complexity index is 1290. The molecule has 0 aliphatic rings. The summed E-state index contributed by atoms with van der Waals surface area (Å²) in [6.45, 7) is 1.79. The van der Waals surface area contributed by atoms with Crippen LogP contribution in [-0.4, -0.2) is 24.0 Å². The number of carbonyl (C=O) groups is 3. The van der Waals surface area contributed by atoms with Crippen LogP contribution in [0.2, 0.25) is 5.02 Å². The summed E-state index contributed by atoms with van der Waals surface area (Å²) in [6, 6.07) is 15.4. The van der Waals surface area contributed by atoms with Crippen LogP contribution in [0.4, 0.5) is 18.9 Å². The van der Waals surface area contributed by atoms with Crippen molar-refractivity contribution in [3.8, 4) is 5.75 Å². The van der Waals surface area contributed by atoms with E-state index in [0.717, 1.165) is 17.7 Å². The number of amides is 2. The number of esters is 1. The van der Waals surface area contributed by atoms with E-state index in [1.54, 1.807) is 37.3 Å². The number of nitrogens with one attached hydrogen (secondary N) is 2. The number of benzene rings is 3. The van der Waals surface area contributed by atoms with E-state index in [4.69, 9.17) is 16.3 Å². The van der Waals surface area contributed by atoms with Crippen molar-refractivity contribution in [3.63, 3.8) is 0 Å². The molecule has 0 bridgehead atoms. The Morgan fingerprint density at radius 2 is 1.66 bits per heavy atom. The lowest BCUT2D eigenvalue weighted by Crippen LogP contribution is -2.32. The maximum absolute atomic E-state index is 12.8. The Morgan fingerprint density at radius 1 is 0.971 bits per heavy atom. The van der Waals surface area contributed by atoms with Crippen molar-refractivity contribution in [2.24, 2.45) is 5.10 Å². The van der Waals surface area contributed by atoms with Crippen molar-refractivity contribution < 1.29 is 32.3 Å². The molecule has 3 aromatic carbocycles. The molecule has 180 valence electrons. The standard InChI is InChI=1S/C24H17ClF3N3O4/c1-14-4-2-3-5-18(14)23(34)35-17-9-6-15(7-10-17)13-29-31-22(33)21(32)30-20-12-16(24(26,27)28)8-11-19(20)25/h2-13H,1H3,(H,30,32)(H,31,33). The molecule has 3 rings (SSSR count). The predicted molar refractivity (Wildman–Crippen MR) is 123 cm³/mol. The van der Waals surface area contributed by atoms with Crippen molar-refractivity contribution >= 4 is 41.3 Å². The molecule has 0 fully saturated rings. The van der Waals surface area contributed by atoms with Gasteiger partial charge >= 0.3 is 24.0 Å². The third kappa shape index (κ3) is 6.90. The number of carbonyl (C=O) groups excluding carboxylic acids is 3. The lowest BCUT2D eigenvalue weighted by atomic mass is 10.1. The molecule has 0 aliphatic carbocycles. The quantitative estimate of drug-likeness (QED) is 0.169. The second-order valence-electron chi connectivity index (χ2n) is 7.12. The van der Waals surface area contributed by atoms with Gasteiger partial charge in [0.25, 0.3) is 0 Å². The fourth-order valence-corrected chi connectivity index (χ4v) is 2.94. The van der Waals surface area contributed by atoms with Crippen molar-refractivity contribution in [1.29, 1.82) is 0 Å². The molecule has 0 unspecified atom stereocenters. The molecule has 11 heteroatoms. The number of nitrogens with zero attached hydrogens (tertiary/aromatic N) is 1. The number of halogens is 4. The zero-order chi connectivity index (χ0) is 25.6. The molecule has 0 heterocycles. The third-order valence-electron chi connectivity index (χ3n) is 4.58. The monoisotopic (exact) mass is 503 g/mol. The van der Waals surface area contributed by atoms with Gasteiger partial charge in [0.15, 0.2) is 0 Å². The van der Waals surface area contributed by atoms with Gasteiger partial charge in [-0.15, -0.1) is 0 Å². The fraction of sp³-hybridized carbons (Fsp3) is 0.0833. The predicted octanol–water partition coefficient (Wildman–Crippen LogP) is 4.98. The average molecular weight is 504 g/mol. The molecule has 0 radical (unpaired) electrons. The molecule has 2 N–H and O–H groups in total. The molecule has 0 spiro atoms. The van der Waals surface area contributed by atoms with E-state index >= 15 is 0 Å². The summed E-state index contributed by atoms with van der Waals surface area (Å²) >= 11 is 5.79. The van der Waals surface area contributed by atoms with E-state index in [2.05, 4.69) is 5.10 Å². The Labute approximate surface area is 202 Å². The number of anilines is 1. The number of hydrogen-bond donors (Lipinski definition) is 2. The van der Waals surface area contributed by atoms with Gasteiger partial charge in [-0.1, -0.05) is 29.8 Å². The normalized spacial score (nSPS) is 11.2. The van der Waals surface area contributed by atoms with Gasteiger partial charge in [0.2, 0.25) is 0 Å². The van der Waals surface area contributed by atoms with Gasteiger partial charge in [0.05, 0.1) is 28.1 Å². The fourth-order valence-electron chi connectivity index (χ4n) is 2.78. The van der Waals surface area contributed by atoms with E-state index in [-0.39, 0.29) is 16.5 Å². The molecule has 2 amide bonds. The van der Waals surface area contributed by atoms with Crippen molar-refractivity contribution in [1.82, 2.24) is 5.43 Å². The van der Waals surface area contributed by atoms with Crippen molar-refractivity contribution in [3.05, 3.63) is 94.0 Å².